The highest BCUT2D eigenvalue weighted by Gasteiger charge is 2.16. The first-order chi connectivity index (χ1) is 13.0. The summed E-state index contributed by atoms with van der Waals surface area (Å²) in [5.74, 6) is 0.0396. The third-order valence-corrected chi connectivity index (χ3v) is 6.41. The van der Waals surface area contributed by atoms with Crippen molar-refractivity contribution in [2.24, 2.45) is 0 Å². The van der Waals surface area contributed by atoms with Gasteiger partial charge in [0.05, 0.1) is 0 Å². The Bertz CT molecular complexity index is 1190. The maximum atomic E-state index is 13.4. The van der Waals surface area contributed by atoms with Gasteiger partial charge < -0.3 is 4.52 Å². The van der Waals surface area contributed by atoms with Crippen molar-refractivity contribution in [2.75, 3.05) is 4.72 Å². The first-order valence-corrected chi connectivity index (χ1v) is 10.1. The van der Waals surface area contributed by atoms with Gasteiger partial charge in [-0.25, -0.2) is 12.8 Å². The Hall–Kier alpha value is -3.04. The van der Waals surface area contributed by atoms with Crippen LogP contribution in [0.3, 0.4) is 0 Å². The second-order valence-electron chi connectivity index (χ2n) is 5.55. The molecule has 0 unspecified atom stereocenters. The minimum Gasteiger partial charge on any atom is -0.334 e. The second kappa shape index (κ2) is 6.93. The fourth-order valence-electron chi connectivity index (χ4n) is 2.42. The van der Waals surface area contributed by atoms with E-state index in [4.69, 9.17) is 4.52 Å². The number of rotatable bonds is 5. The van der Waals surface area contributed by atoms with E-state index in [0.29, 0.717) is 16.8 Å². The molecule has 2 aromatic carbocycles. The summed E-state index contributed by atoms with van der Waals surface area (Å²) in [6.45, 7) is 0. The predicted molar refractivity (Wildman–Crippen MR) is 100 cm³/mol. The van der Waals surface area contributed by atoms with Gasteiger partial charge in [0.15, 0.2) is 0 Å². The Balaban J connectivity index is 1.62. The van der Waals surface area contributed by atoms with E-state index in [1.54, 1.807) is 47.8 Å². The van der Waals surface area contributed by atoms with Crippen LogP contribution in [0, 0.1) is 5.82 Å². The van der Waals surface area contributed by atoms with Gasteiger partial charge in [0.1, 0.15) is 10.0 Å². The summed E-state index contributed by atoms with van der Waals surface area (Å²) < 4.78 is 46.0. The third kappa shape index (κ3) is 3.74. The van der Waals surface area contributed by atoms with Gasteiger partial charge in [-0.2, -0.15) is 4.98 Å². The number of aromatic nitrogens is 2. The number of anilines is 1. The molecule has 0 aliphatic rings. The van der Waals surface area contributed by atoms with Crippen LogP contribution >= 0.6 is 11.3 Å². The molecule has 0 aliphatic carbocycles. The maximum Gasteiger partial charge on any atom is 0.271 e. The van der Waals surface area contributed by atoms with Gasteiger partial charge in [0, 0.05) is 16.8 Å². The zero-order chi connectivity index (χ0) is 18.9. The average molecular weight is 401 g/mol. The molecule has 0 amide bonds. The Morgan fingerprint density at radius 2 is 1.81 bits per heavy atom. The van der Waals surface area contributed by atoms with Gasteiger partial charge in [0.25, 0.3) is 15.9 Å². The van der Waals surface area contributed by atoms with E-state index in [1.165, 1.54) is 18.2 Å². The molecule has 0 bridgehead atoms. The van der Waals surface area contributed by atoms with Gasteiger partial charge in [-0.1, -0.05) is 29.4 Å². The molecule has 1 N–H and O–H groups in total. The van der Waals surface area contributed by atoms with E-state index in [0.717, 1.165) is 11.3 Å². The van der Waals surface area contributed by atoms with Gasteiger partial charge in [-0.3, -0.25) is 4.72 Å². The number of hydrogen-bond acceptors (Lipinski definition) is 6. The lowest BCUT2D eigenvalue weighted by atomic mass is 10.2. The van der Waals surface area contributed by atoms with Crippen LogP contribution in [-0.2, 0) is 10.0 Å². The van der Waals surface area contributed by atoms with E-state index >= 15 is 0 Å². The van der Waals surface area contributed by atoms with E-state index in [9.17, 15) is 12.8 Å². The molecular formula is C18H12FN3O3S2. The van der Waals surface area contributed by atoms with Crippen molar-refractivity contribution < 1.29 is 17.3 Å². The van der Waals surface area contributed by atoms with Crippen LogP contribution in [0.2, 0.25) is 0 Å². The number of hydrogen-bond donors (Lipinski definition) is 1. The predicted octanol–water partition coefficient (Wildman–Crippen LogP) is 4.41. The first-order valence-electron chi connectivity index (χ1n) is 7.78. The van der Waals surface area contributed by atoms with E-state index in [1.807, 2.05) is 0 Å². The van der Waals surface area contributed by atoms with Crippen molar-refractivity contribution >= 4 is 27.0 Å². The smallest absolute Gasteiger partial charge is 0.271 e. The second-order valence-corrected chi connectivity index (χ2v) is 8.41. The number of sulfonamides is 1. The van der Waals surface area contributed by atoms with Crippen molar-refractivity contribution in [2.45, 2.75) is 4.21 Å². The monoisotopic (exact) mass is 401 g/mol. The minimum absolute atomic E-state index is 0.175. The van der Waals surface area contributed by atoms with Crippen LogP contribution in [0.5, 0.6) is 0 Å². The van der Waals surface area contributed by atoms with Crippen LogP contribution in [0.1, 0.15) is 0 Å². The molecule has 0 fully saturated rings. The molecule has 2 aromatic heterocycles. The molecule has 0 saturated heterocycles. The highest BCUT2D eigenvalue weighted by atomic mass is 32.2. The van der Waals surface area contributed by atoms with Gasteiger partial charge in [0.2, 0.25) is 5.82 Å². The summed E-state index contributed by atoms with van der Waals surface area (Å²) in [4.78, 5) is 4.26. The quantitative estimate of drug-likeness (QED) is 0.536. The van der Waals surface area contributed by atoms with E-state index in [2.05, 4.69) is 14.9 Å². The Morgan fingerprint density at radius 3 is 2.59 bits per heavy atom. The molecule has 136 valence electrons. The Kier molecular flexibility index (Phi) is 4.46. The number of halogens is 1. The number of benzene rings is 2. The lowest BCUT2D eigenvalue weighted by Crippen LogP contribution is -2.11. The maximum absolute atomic E-state index is 13.4. The van der Waals surface area contributed by atoms with E-state index in [-0.39, 0.29) is 15.9 Å². The highest BCUT2D eigenvalue weighted by Crippen LogP contribution is 2.26. The summed E-state index contributed by atoms with van der Waals surface area (Å²) in [5, 5.41) is 5.59. The number of thiophene rings is 1. The largest absolute Gasteiger partial charge is 0.334 e. The molecule has 0 spiro atoms. The van der Waals surface area contributed by atoms with Gasteiger partial charge in [-0.15, -0.1) is 11.3 Å². The van der Waals surface area contributed by atoms with Crippen LogP contribution in [0.4, 0.5) is 10.1 Å². The zero-order valence-corrected chi connectivity index (χ0v) is 15.3. The van der Waals surface area contributed by atoms with Crippen molar-refractivity contribution in [3.8, 4) is 22.8 Å². The molecular weight excluding hydrogens is 389 g/mol. The van der Waals surface area contributed by atoms with Crippen molar-refractivity contribution in [3.63, 3.8) is 0 Å². The molecule has 0 atom stereocenters. The van der Waals surface area contributed by atoms with Crippen LogP contribution < -0.4 is 4.72 Å². The molecule has 6 nitrogen and oxygen atoms in total. The number of nitrogens with zero attached hydrogens (tertiary/aromatic N) is 2. The third-order valence-electron chi connectivity index (χ3n) is 3.63. The van der Waals surface area contributed by atoms with Crippen LogP contribution in [0.25, 0.3) is 22.8 Å². The first kappa shape index (κ1) is 17.4. The Morgan fingerprint density at radius 1 is 1.00 bits per heavy atom. The van der Waals surface area contributed by atoms with Crippen molar-refractivity contribution in [1.82, 2.24) is 10.1 Å². The molecule has 27 heavy (non-hydrogen) atoms. The molecule has 9 heteroatoms. The fourth-order valence-corrected chi connectivity index (χ4v) is 4.47. The lowest BCUT2D eigenvalue weighted by molar-refractivity contribution is 0.432. The van der Waals surface area contributed by atoms with Crippen LogP contribution in [0.15, 0.2) is 74.8 Å². The van der Waals surface area contributed by atoms with E-state index < -0.39 is 15.8 Å². The SMILES string of the molecule is O=S(=O)(Nc1cccc(-c2noc(-c3cccc(F)c3)n2)c1)c1cccs1. The molecule has 0 aliphatic heterocycles. The van der Waals surface area contributed by atoms with Crippen molar-refractivity contribution in [1.29, 1.82) is 0 Å². The van der Waals surface area contributed by atoms with Gasteiger partial charge in [-0.05, 0) is 41.8 Å². The van der Waals surface area contributed by atoms with Crippen LogP contribution in [-0.4, -0.2) is 18.6 Å². The summed E-state index contributed by atoms with van der Waals surface area (Å²) in [5.41, 5.74) is 1.40. The summed E-state index contributed by atoms with van der Waals surface area (Å²) in [6, 6.07) is 15.7. The topological polar surface area (TPSA) is 85.1 Å². The highest BCUT2D eigenvalue weighted by molar-refractivity contribution is 7.94. The molecule has 2 heterocycles. The molecule has 4 rings (SSSR count). The standard InChI is InChI=1S/C18H12FN3O3S2/c19-14-6-1-5-13(10-14)18-20-17(21-25-18)12-4-2-7-15(11-12)22-27(23,24)16-8-3-9-26-16/h1-11,22H. The summed E-state index contributed by atoms with van der Waals surface area (Å²) in [6.07, 6.45) is 0. The Labute approximate surface area is 158 Å². The molecule has 4 aromatic rings. The lowest BCUT2D eigenvalue weighted by Gasteiger charge is -2.06. The summed E-state index contributed by atoms with van der Waals surface area (Å²) in [7, 11) is -3.65. The van der Waals surface area contributed by atoms with Crippen molar-refractivity contribution in [3.05, 3.63) is 71.9 Å². The molecule has 0 radical (unpaired) electrons. The fraction of sp³-hybridized carbons (Fsp3) is 0. The molecule has 0 saturated carbocycles. The normalized spacial score (nSPS) is 11.4. The van der Waals surface area contributed by atoms with Gasteiger partial charge >= 0.3 is 0 Å². The summed E-state index contributed by atoms with van der Waals surface area (Å²) >= 11 is 1.13. The zero-order valence-electron chi connectivity index (χ0n) is 13.7. The number of nitrogens with one attached hydrogen (secondary N) is 1. The average Bonchev–Trinajstić information content (AvgIpc) is 3.34. The minimum atomic E-state index is -3.65.